The Labute approximate surface area is 152 Å². The number of amides is 1. The van der Waals surface area contributed by atoms with Crippen LogP contribution in [0.2, 0.25) is 0 Å². The van der Waals surface area contributed by atoms with Crippen molar-refractivity contribution in [3.05, 3.63) is 28.7 Å². The van der Waals surface area contributed by atoms with Crippen molar-refractivity contribution in [2.24, 2.45) is 11.8 Å². The molecule has 23 heavy (non-hydrogen) atoms. The van der Waals surface area contributed by atoms with Gasteiger partial charge in [0, 0.05) is 13.1 Å². The molecule has 2 aliphatic heterocycles. The van der Waals surface area contributed by atoms with Crippen molar-refractivity contribution in [3.8, 4) is 5.75 Å². The molecule has 128 valence electrons. The van der Waals surface area contributed by atoms with E-state index in [1.54, 1.807) is 0 Å². The Hall–Kier alpha value is -0.780. The van der Waals surface area contributed by atoms with E-state index in [1.165, 1.54) is 0 Å². The number of carbonyl (C=O) groups is 1. The molecule has 0 aliphatic carbocycles. The fourth-order valence-electron chi connectivity index (χ4n) is 3.44. The number of carbonyl (C=O) groups excluding carboxylic acids is 1. The van der Waals surface area contributed by atoms with Crippen LogP contribution in [-0.4, -0.2) is 43.6 Å². The number of likely N-dealkylation sites (tertiary alicyclic amines) is 1. The highest BCUT2D eigenvalue weighted by atomic mass is 79.9. The molecular formula is C17H24BrClN2O2. The zero-order chi connectivity index (χ0) is 15.4. The third-order valence-corrected chi connectivity index (χ3v) is 5.44. The summed E-state index contributed by atoms with van der Waals surface area (Å²) < 4.78 is 6.63. The maximum atomic E-state index is 12.4. The molecule has 1 aromatic rings. The monoisotopic (exact) mass is 402 g/mol. The minimum Gasteiger partial charge on any atom is -0.492 e. The summed E-state index contributed by atoms with van der Waals surface area (Å²) in [6.07, 6.45) is 2.72. The van der Waals surface area contributed by atoms with E-state index < -0.39 is 0 Å². The lowest BCUT2D eigenvalue weighted by Gasteiger charge is -2.21. The number of hydrogen-bond acceptors (Lipinski definition) is 3. The van der Waals surface area contributed by atoms with Gasteiger partial charge in [0.2, 0.25) is 5.91 Å². The molecule has 3 rings (SSSR count). The zero-order valence-corrected chi connectivity index (χ0v) is 15.6. The van der Waals surface area contributed by atoms with Gasteiger partial charge in [0.1, 0.15) is 5.75 Å². The van der Waals surface area contributed by atoms with Crippen molar-refractivity contribution >= 4 is 34.2 Å². The summed E-state index contributed by atoms with van der Waals surface area (Å²) in [6.45, 7) is 4.48. The molecule has 2 aliphatic rings. The lowest BCUT2D eigenvalue weighted by molar-refractivity contribution is -0.131. The standard InChI is InChI=1S/C17H23BrN2O2.ClH/c18-15-3-1-2-4-16(15)22-10-7-17(21)20-8-5-13-11-19-12-14(13)6-9-20;/h1-4,13-14,19H,5-12H2;1H/t13-,14+;. The van der Waals surface area contributed by atoms with Gasteiger partial charge in [-0.05, 0) is 65.8 Å². The number of fused-ring (bicyclic) bond motifs is 1. The van der Waals surface area contributed by atoms with Crippen LogP contribution in [0.5, 0.6) is 5.75 Å². The number of ether oxygens (including phenoxy) is 1. The van der Waals surface area contributed by atoms with Crippen molar-refractivity contribution in [2.45, 2.75) is 19.3 Å². The third-order valence-electron chi connectivity index (χ3n) is 4.78. The molecule has 0 spiro atoms. The fraction of sp³-hybridized carbons (Fsp3) is 0.588. The van der Waals surface area contributed by atoms with Gasteiger partial charge in [-0.2, -0.15) is 0 Å². The van der Waals surface area contributed by atoms with E-state index in [-0.39, 0.29) is 18.3 Å². The van der Waals surface area contributed by atoms with E-state index in [0.717, 1.165) is 61.1 Å². The molecule has 2 saturated heterocycles. The second-order valence-corrected chi connectivity index (χ2v) is 7.02. The van der Waals surface area contributed by atoms with Gasteiger partial charge < -0.3 is 15.0 Å². The zero-order valence-electron chi connectivity index (χ0n) is 13.2. The number of rotatable bonds is 4. The average molecular weight is 404 g/mol. The first-order valence-corrected chi connectivity index (χ1v) is 8.89. The van der Waals surface area contributed by atoms with Crippen molar-refractivity contribution < 1.29 is 9.53 Å². The second-order valence-electron chi connectivity index (χ2n) is 6.17. The summed E-state index contributed by atoms with van der Waals surface area (Å²) in [5.41, 5.74) is 0. The predicted octanol–water partition coefficient (Wildman–Crippen LogP) is 3.10. The fourth-order valence-corrected chi connectivity index (χ4v) is 3.83. The summed E-state index contributed by atoms with van der Waals surface area (Å²) >= 11 is 3.45. The number of hydrogen-bond donors (Lipinski definition) is 1. The van der Waals surface area contributed by atoms with Crippen LogP contribution in [0, 0.1) is 11.8 Å². The maximum Gasteiger partial charge on any atom is 0.225 e. The first-order chi connectivity index (χ1) is 10.7. The van der Waals surface area contributed by atoms with Crippen LogP contribution in [0.1, 0.15) is 19.3 Å². The van der Waals surface area contributed by atoms with Gasteiger partial charge >= 0.3 is 0 Å². The van der Waals surface area contributed by atoms with Gasteiger partial charge in [0.05, 0.1) is 17.5 Å². The summed E-state index contributed by atoms with van der Waals surface area (Å²) in [5.74, 6) is 2.54. The van der Waals surface area contributed by atoms with Crippen LogP contribution in [-0.2, 0) is 4.79 Å². The largest absolute Gasteiger partial charge is 0.492 e. The van der Waals surface area contributed by atoms with Crippen LogP contribution in [0.4, 0.5) is 0 Å². The molecule has 2 atom stereocenters. The lowest BCUT2D eigenvalue weighted by atomic mass is 9.92. The van der Waals surface area contributed by atoms with E-state index >= 15 is 0 Å². The molecule has 0 radical (unpaired) electrons. The quantitative estimate of drug-likeness (QED) is 0.840. The molecule has 0 aromatic heterocycles. The van der Waals surface area contributed by atoms with Crippen LogP contribution < -0.4 is 10.1 Å². The summed E-state index contributed by atoms with van der Waals surface area (Å²) in [7, 11) is 0. The average Bonchev–Trinajstić information content (AvgIpc) is 2.87. The highest BCUT2D eigenvalue weighted by molar-refractivity contribution is 9.10. The molecule has 0 saturated carbocycles. The molecule has 1 amide bonds. The third kappa shape index (κ3) is 4.85. The molecule has 0 bridgehead atoms. The summed E-state index contributed by atoms with van der Waals surface area (Å²) in [4.78, 5) is 14.4. The number of para-hydroxylation sites is 1. The van der Waals surface area contributed by atoms with Gasteiger partial charge in [0.15, 0.2) is 0 Å². The van der Waals surface area contributed by atoms with Crippen molar-refractivity contribution in [1.82, 2.24) is 10.2 Å². The van der Waals surface area contributed by atoms with Crippen molar-refractivity contribution in [1.29, 1.82) is 0 Å². The highest BCUT2D eigenvalue weighted by Gasteiger charge is 2.31. The number of benzene rings is 1. The molecule has 1 N–H and O–H groups in total. The van der Waals surface area contributed by atoms with E-state index in [4.69, 9.17) is 4.74 Å². The van der Waals surface area contributed by atoms with Crippen LogP contribution in [0.25, 0.3) is 0 Å². The summed E-state index contributed by atoms with van der Waals surface area (Å²) in [5, 5.41) is 3.47. The number of halogens is 2. The first kappa shape index (κ1) is 18.6. The first-order valence-electron chi connectivity index (χ1n) is 8.10. The Kier molecular flexibility index (Phi) is 7.18. The van der Waals surface area contributed by atoms with E-state index in [1.807, 2.05) is 29.2 Å². The summed E-state index contributed by atoms with van der Waals surface area (Å²) in [6, 6.07) is 7.74. The Morgan fingerprint density at radius 2 is 1.87 bits per heavy atom. The number of nitrogens with one attached hydrogen (secondary N) is 1. The number of nitrogens with zero attached hydrogens (tertiary/aromatic N) is 1. The Balaban J connectivity index is 0.00000192. The Morgan fingerprint density at radius 3 is 2.52 bits per heavy atom. The second kappa shape index (κ2) is 8.90. The lowest BCUT2D eigenvalue weighted by Crippen LogP contribution is -2.33. The maximum absolute atomic E-state index is 12.4. The SMILES string of the molecule is Cl.O=C(CCOc1ccccc1Br)N1CC[C@@H]2CNC[C@@H]2CC1. The Morgan fingerprint density at radius 1 is 1.22 bits per heavy atom. The van der Waals surface area contributed by atoms with Gasteiger partial charge in [-0.1, -0.05) is 12.1 Å². The molecule has 2 heterocycles. The van der Waals surface area contributed by atoms with Crippen molar-refractivity contribution in [3.63, 3.8) is 0 Å². The minimum atomic E-state index is 0. The minimum absolute atomic E-state index is 0. The van der Waals surface area contributed by atoms with Crippen molar-refractivity contribution in [2.75, 3.05) is 32.8 Å². The molecule has 0 unspecified atom stereocenters. The van der Waals surface area contributed by atoms with Crippen LogP contribution in [0.15, 0.2) is 28.7 Å². The molecule has 6 heteroatoms. The topological polar surface area (TPSA) is 41.6 Å². The van der Waals surface area contributed by atoms with Crippen LogP contribution >= 0.6 is 28.3 Å². The normalized spacial score (nSPS) is 23.6. The van der Waals surface area contributed by atoms with E-state index in [9.17, 15) is 4.79 Å². The van der Waals surface area contributed by atoms with Gasteiger partial charge in [-0.15, -0.1) is 12.4 Å². The van der Waals surface area contributed by atoms with Gasteiger partial charge in [-0.3, -0.25) is 4.79 Å². The molecule has 2 fully saturated rings. The van der Waals surface area contributed by atoms with E-state index in [0.29, 0.717) is 13.0 Å². The molecule has 4 nitrogen and oxygen atoms in total. The van der Waals surface area contributed by atoms with E-state index in [2.05, 4.69) is 21.2 Å². The smallest absolute Gasteiger partial charge is 0.225 e. The Bertz CT molecular complexity index is 515. The van der Waals surface area contributed by atoms with Crippen LogP contribution in [0.3, 0.4) is 0 Å². The van der Waals surface area contributed by atoms with Gasteiger partial charge in [-0.25, -0.2) is 0 Å². The van der Waals surface area contributed by atoms with Gasteiger partial charge in [0.25, 0.3) is 0 Å². The predicted molar refractivity (Wildman–Crippen MR) is 97.2 cm³/mol. The molecular weight excluding hydrogens is 380 g/mol. The molecule has 1 aromatic carbocycles. The highest BCUT2D eigenvalue weighted by Crippen LogP contribution is 2.27.